The highest BCUT2D eigenvalue weighted by Crippen LogP contribution is 2.18. The molecule has 0 fully saturated rings. The van der Waals surface area contributed by atoms with Crippen LogP contribution in [0.5, 0.6) is 0 Å². The number of carboxylic acid groups (broad SMARTS) is 1. The molecule has 0 aromatic heterocycles. The van der Waals surface area contributed by atoms with Crippen LogP contribution in [-0.2, 0) is 33.3 Å². The number of carbonyl (C=O) groups is 3. The molecule has 470 valence electrons. The van der Waals surface area contributed by atoms with Gasteiger partial charge in [0.1, 0.15) is 13.2 Å². The van der Waals surface area contributed by atoms with Gasteiger partial charge in [-0.2, -0.15) is 0 Å². The van der Waals surface area contributed by atoms with Crippen molar-refractivity contribution in [2.75, 3.05) is 47.5 Å². The highest BCUT2D eigenvalue weighted by atomic mass is 16.7. The van der Waals surface area contributed by atoms with Gasteiger partial charge in [-0.1, -0.05) is 305 Å². The lowest BCUT2D eigenvalue weighted by atomic mass is 10.0. The van der Waals surface area contributed by atoms with Crippen LogP contribution in [0, 0.1) is 0 Å². The van der Waals surface area contributed by atoms with E-state index in [2.05, 4.69) is 86.8 Å². The van der Waals surface area contributed by atoms with E-state index in [1.807, 2.05) is 21.1 Å². The summed E-state index contributed by atoms with van der Waals surface area (Å²) in [5, 5.41) is 11.8. The Kier molecular flexibility index (Phi) is 60.2. The largest absolute Gasteiger partial charge is 0.545 e. The maximum absolute atomic E-state index is 12.9. The molecule has 0 radical (unpaired) electrons. The third kappa shape index (κ3) is 64.1. The number of allylic oxidation sites excluding steroid dienone is 12. The number of nitrogens with zero attached hydrogens (tertiary/aromatic N) is 1. The number of ether oxygens (including phenoxy) is 4. The Hall–Kier alpha value is -3.27. The molecule has 9 nitrogen and oxygen atoms in total. The van der Waals surface area contributed by atoms with Crippen LogP contribution in [0.4, 0.5) is 0 Å². The van der Waals surface area contributed by atoms with Crippen molar-refractivity contribution in [1.29, 1.82) is 0 Å². The Morgan fingerprint density at radius 3 is 1.05 bits per heavy atom. The molecular formula is C72H129NO8. The zero-order valence-corrected chi connectivity index (χ0v) is 53.7. The van der Waals surface area contributed by atoms with Gasteiger partial charge in [-0.15, -0.1) is 0 Å². The van der Waals surface area contributed by atoms with Crippen LogP contribution in [0.25, 0.3) is 0 Å². The van der Waals surface area contributed by atoms with Crippen molar-refractivity contribution in [3.63, 3.8) is 0 Å². The molecule has 0 bridgehead atoms. The van der Waals surface area contributed by atoms with E-state index in [1.54, 1.807) is 0 Å². The number of quaternary nitrogens is 1. The highest BCUT2D eigenvalue weighted by molar-refractivity contribution is 5.70. The van der Waals surface area contributed by atoms with Crippen molar-refractivity contribution >= 4 is 17.9 Å². The molecule has 9 heteroatoms. The summed E-state index contributed by atoms with van der Waals surface area (Å²) in [4.78, 5) is 37.5. The van der Waals surface area contributed by atoms with E-state index in [0.717, 1.165) is 83.5 Å². The quantitative estimate of drug-likeness (QED) is 0.0195. The second-order valence-electron chi connectivity index (χ2n) is 24.1. The van der Waals surface area contributed by atoms with Crippen molar-refractivity contribution in [2.45, 2.75) is 322 Å². The molecule has 0 aliphatic rings. The molecule has 0 aliphatic carbocycles. The van der Waals surface area contributed by atoms with Gasteiger partial charge in [0.15, 0.2) is 12.4 Å². The Balaban J connectivity index is 4.14. The monoisotopic (exact) mass is 1140 g/mol. The van der Waals surface area contributed by atoms with Crippen LogP contribution in [0.15, 0.2) is 72.9 Å². The molecular weight excluding hydrogens is 1010 g/mol. The van der Waals surface area contributed by atoms with E-state index in [0.29, 0.717) is 23.9 Å². The van der Waals surface area contributed by atoms with Crippen LogP contribution in [-0.4, -0.2) is 82.3 Å². The van der Waals surface area contributed by atoms with Gasteiger partial charge in [0.25, 0.3) is 0 Å². The molecule has 2 atom stereocenters. The Morgan fingerprint density at radius 1 is 0.383 bits per heavy atom. The predicted molar refractivity (Wildman–Crippen MR) is 343 cm³/mol. The van der Waals surface area contributed by atoms with Crippen molar-refractivity contribution in [1.82, 2.24) is 0 Å². The van der Waals surface area contributed by atoms with Crippen molar-refractivity contribution in [3.05, 3.63) is 72.9 Å². The Labute approximate surface area is 500 Å². The predicted octanol–water partition coefficient (Wildman–Crippen LogP) is 19.6. The molecule has 0 aromatic carbocycles. The van der Waals surface area contributed by atoms with Crippen LogP contribution < -0.4 is 5.11 Å². The van der Waals surface area contributed by atoms with Gasteiger partial charge in [0, 0.05) is 12.8 Å². The first-order chi connectivity index (χ1) is 39.6. The fourth-order valence-electron chi connectivity index (χ4n) is 9.78. The fourth-order valence-corrected chi connectivity index (χ4v) is 9.78. The summed E-state index contributed by atoms with van der Waals surface area (Å²) in [6.07, 6.45) is 79.8. The van der Waals surface area contributed by atoms with Crippen LogP contribution in [0.1, 0.15) is 309 Å². The summed E-state index contributed by atoms with van der Waals surface area (Å²) in [5.41, 5.74) is 0. The molecule has 0 spiro atoms. The van der Waals surface area contributed by atoms with E-state index in [4.69, 9.17) is 18.9 Å². The van der Waals surface area contributed by atoms with E-state index in [9.17, 15) is 19.5 Å². The SMILES string of the molecule is CC/C=C\C/C=C\C/C=C\C/C=C\C/C=C\C/C=C\CCCCCCCCCCC(=O)OC(COC(=O)CCCCCCCCCCCCCCCCCCCCCCCCCCCCCCC)COC(OCC[N+](C)(C)C)C(=O)[O-]. The first-order valence-corrected chi connectivity index (χ1v) is 34.1. The third-order valence-electron chi connectivity index (χ3n) is 15.0. The average molecular weight is 1140 g/mol. The normalized spacial score (nSPS) is 13.1. The lowest BCUT2D eigenvalue weighted by molar-refractivity contribution is -0.870. The summed E-state index contributed by atoms with van der Waals surface area (Å²) in [6, 6.07) is 0. The lowest BCUT2D eigenvalue weighted by Gasteiger charge is -2.26. The number of carbonyl (C=O) groups excluding carboxylic acids is 3. The summed E-state index contributed by atoms with van der Waals surface area (Å²) in [5.74, 6) is -2.28. The topological polar surface area (TPSA) is 111 Å². The molecule has 0 heterocycles. The molecule has 0 amide bonds. The van der Waals surface area contributed by atoms with Crippen molar-refractivity contribution in [3.8, 4) is 0 Å². The number of hydrogen-bond donors (Lipinski definition) is 0. The first-order valence-electron chi connectivity index (χ1n) is 34.1. The number of aliphatic carboxylic acids is 1. The van der Waals surface area contributed by atoms with Crippen molar-refractivity contribution < 1.29 is 42.9 Å². The second kappa shape index (κ2) is 62.8. The zero-order chi connectivity index (χ0) is 59.1. The third-order valence-corrected chi connectivity index (χ3v) is 15.0. The van der Waals surface area contributed by atoms with Crippen LogP contribution >= 0.6 is 0 Å². The number of unbranched alkanes of at least 4 members (excludes halogenated alkanes) is 36. The van der Waals surface area contributed by atoms with Gasteiger partial charge < -0.3 is 33.3 Å². The summed E-state index contributed by atoms with van der Waals surface area (Å²) in [6.45, 7) is 4.67. The number of likely N-dealkylation sites (N-methyl/N-ethyl adjacent to an activating group) is 1. The Morgan fingerprint density at radius 2 is 0.704 bits per heavy atom. The standard InChI is InChI=1S/C72H129NO8/c1-6-8-10-12-14-16-18-20-22-24-26-28-30-32-34-35-37-38-40-42-44-46-48-50-52-54-56-58-60-62-69(74)79-66-68(67-80-72(71(76)77)78-65-64-73(3,4)5)81-70(75)63-61-59-57-55-53-51-49-47-45-43-41-39-36-33-31-29-27-25-23-21-19-17-15-13-11-9-7-2/h9,11,15,17,21,23,27,29,33,36,41,43,68,72H,6-8,10,12-14,16,18-20,22,24-26,28,30-32,34-35,37-40,42,44-67H2,1-5H3/b11-9-,17-15-,23-21-,29-27-,36-33-,43-41-. The van der Waals surface area contributed by atoms with Crippen LogP contribution in [0.3, 0.4) is 0 Å². The van der Waals surface area contributed by atoms with Gasteiger partial charge in [0.05, 0.1) is 40.3 Å². The second-order valence-corrected chi connectivity index (χ2v) is 24.1. The van der Waals surface area contributed by atoms with E-state index < -0.39 is 24.3 Å². The minimum Gasteiger partial charge on any atom is -0.545 e. The van der Waals surface area contributed by atoms with Gasteiger partial charge >= 0.3 is 11.9 Å². The van der Waals surface area contributed by atoms with Gasteiger partial charge in [0.2, 0.25) is 0 Å². The van der Waals surface area contributed by atoms with Crippen molar-refractivity contribution in [2.24, 2.45) is 0 Å². The van der Waals surface area contributed by atoms with Crippen LogP contribution in [0.2, 0.25) is 0 Å². The van der Waals surface area contributed by atoms with Gasteiger partial charge in [-0.05, 0) is 64.2 Å². The first kappa shape index (κ1) is 77.7. The molecule has 0 aromatic rings. The number of rotatable bonds is 63. The summed E-state index contributed by atoms with van der Waals surface area (Å²) in [7, 11) is 5.93. The summed E-state index contributed by atoms with van der Waals surface area (Å²) < 4.78 is 22.8. The fraction of sp³-hybridized carbons (Fsp3) is 0.792. The number of esters is 2. The number of hydrogen-bond acceptors (Lipinski definition) is 8. The highest BCUT2D eigenvalue weighted by Gasteiger charge is 2.22. The number of carboxylic acids is 1. The van der Waals surface area contributed by atoms with E-state index in [1.165, 1.54) is 193 Å². The van der Waals surface area contributed by atoms with E-state index >= 15 is 0 Å². The molecule has 2 unspecified atom stereocenters. The smallest absolute Gasteiger partial charge is 0.306 e. The van der Waals surface area contributed by atoms with E-state index in [-0.39, 0.29) is 32.2 Å². The molecule has 0 saturated heterocycles. The van der Waals surface area contributed by atoms with Gasteiger partial charge in [-0.3, -0.25) is 9.59 Å². The Bertz CT molecular complexity index is 1560. The minimum absolute atomic E-state index is 0.144. The lowest BCUT2D eigenvalue weighted by Crippen LogP contribution is -2.44. The maximum atomic E-state index is 12.9. The molecule has 0 saturated carbocycles. The maximum Gasteiger partial charge on any atom is 0.306 e. The zero-order valence-electron chi connectivity index (χ0n) is 53.7. The summed E-state index contributed by atoms with van der Waals surface area (Å²) >= 11 is 0. The average Bonchev–Trinajstić information content (AvgIpc) is 3.44. The van der Waals surface area contributed by atoms with Gasteiger partial charge in [-0.25, -0.2) is 0 Å². The molecule has 0 rings (SSSR count). The minimum atomic E-state index is -1.63. The molecule has 0 N–H and O–H groups in total. The molecule has 0 aliphatic heterocycles. The molecule has 81 heavy (non-hydrogen) atoms.